The predicted octanol–water partition coefficient (Wildman–Crippen LogP) is 5.36. The fraction of sp³-hybridized carbons (Fsp3) is 0.591. The smallest absolute Gasteiger partial charge is 0.339 e. The molecular formula is C22H30O4. The van der Waals surface area contributed by atoms with Crippen LogP contribution in [-0.4, -0.2) is 11.2 Å². The van der Waals surface area contributed by atoms with Crippen molar-refractivity contribution in [1.82, 2.24) is 0 Å². The molecule has 1 N–H and O–H groups in total. The normalized spacial score (nSPS) is 17.9. The van der Waals surface area contributed by atoms with Gasteiger partial charge in [-0.15, -0.1) is 0 Å². The average molecular weight is 358 g/mol. The summed E-state index contributed by atoms with van der Waals surface area (Å²) in [5.74, 6) is 1.21. The number of fused-ring (bicyclic) bond motifs is 3. The molecule has 0 spiro atoms. The number of phenolic OH excluding ortho intramolecular Hbond substituents is 1. The third-order valence-corrected chi connectivity index (χ3v) is 5.41. The number of aromatic hydroxyl groups is 1. The molecule has 4 nitrogen and oxygen atoms in total. The zero-order valence-corrected chi connectivity index (χ0v) is 16.1. The standard InChI is InChI=1S/C22H30O4/c1-4-5-6-7-8-15(3)25-16-12-19(23)21-18-11-14(2)9-10-17(18)22(24)26-20(21)13-16/h12-15,23H,4-11H2,1-3H3. The van der Waals surface area contributed by atoms with Gasteiger partial charge in [-0.2, -0.15) is 0 Å². The van der Waals surface area contributed by atoms with Gasteiger partial charge in [-0.1, -0.05) is 33.1 Å². The monoisotopic (exact) mass is 358 g/mol. The van der Waals surface area contributed by atoms with Crippen molar-refractivity contribution in [2.24, 2.45) is 5.92 Å². The van der Waals surface area contributed by atoms with Gasteiger partial charge in [0, 0.05) is 17.7 Å². The third-order valence-electron chi connectivity index (χ3n) is 5.41. The minimum atomic E-state index is -0.274. The molecule has 2 atom stereocenters. The Balaban J connectivity index is 1.85. The molecule has 3 rings (SSSR count). The van der Waals surface area contributed by atoms with E-state index in [0.29, 0.717) is 22.6 Å². The summed E-state index contributed by atoms with van der Waals surface area (Å²) in [5, 5.41) is 11.3. The van der Waals surface area contributed by atoms with Gasteiger partial charge < -0.3 is 14.3 Å². The second-order valence-corrected chi connectivity index (χ2v) is 7.79. The number of unbranched alkanes of at least 4 members (excludes halogenated alkanes) is 3. The summed E-state index contributed by atoms with van der Waals surface area (Å²) >= 11 is 0. The summed E-state index contributed by atoms with van der Waals surface area (Å²) in [7, 11) is 0. The van der Waals surface area contributed by atoms with E-state index in [0.717, 1.165) is 43.2 Å². The highest BCUT2D eigenvalue weighted by molar-refractivity contribution is 5.89. The van der Waals surface area contributed by atoms with Crippen LogP contribution in [0.2, 0.25) is 0 Å². The molecule has 0 radical (unpaired) electrons. The van der Waals surface area contributed by atoms with Crippen molar-refractivity contribution in [3.63, 3.8) is 0 Å². The van der Waals surface area contributed by atoms with Gasteiger partial charge in [0.05, 0.1) is 11.5 Å². The summed E-state index contributed by atoms with van der Waals surface area (Å²) < 4.78 is 11.5. The lowest BCUT2D eigenvalue weighted by atomic mass is 9.84. The first kappa shape index (κ1) is 18.8. The lowest BCUT2D eigenvalue weighted by Gasteiger charge is -2.22. The average Bonchev–Trinajstić information content (AvgIpc) is 2.58. The van der Waals surface area contributed by atoms with E-state index in [9.17, 15) is 9.90 Å². The van der Waals surface area contributed by atoms with Crippen LogP contribution in [0.3, 0.4) is 0 Å². The first-order chi connectivity index (χ1) is 12.5. The Kier molecular flexibility index (Phi) is 5.90. The van der Waals surface area contributed by atoms with E-state index in [4.69, 9.17) is 9.15 Å². The fourth-order valence-electron chi connectivity index (χ4n) is 3.93. The van der Waals surface area contributed by atoms with Crippen LogP contribution in [-0.2, 0) is 12.8 Å². The van der Waals surface area contributed by atoms with Crippen LogP contribution in [0.25, 0.3) is 11.0 Å². The van der Waals surface area contributed by atoms with Crippen molar-refractivity contribution in [2.45, 2.75) is 78.2 Å². The maximum Gasteiger partial charge on any atom is 0.339 e. The van der Waals surface area contributed by atoms with Gasteiger partial charge in [-0.25, -0.2) is 4.79 Å². The van der Waals surface area contributed by atoms with Gasteiger partial charge in [0.15, 0.2) is 0 Å². The number of hydrogen-bond acceptors (Lipinski definition) is 4. The predicted molar refractivity (Wildman–Crippen MR) is 104 cm³/mol. The zero-order valence-electron chi connectivity index (χ0n) is 16.1. The minimum Gasteiger partial charge on any atom is -0.507 e. The minimum absolute atomic E-state index is 0.0630. The second kappa shape index (κ2) is 8.15. The molecule has 1 aliphatic carbocycles. The molecule has 0 bridgehead atoms. The molecule has 0 amide bonds. The van der Waals surface area contributed by atoms with Gasteiger partial charge in [-0.3, -0.25) is 0 Å². The van der Waals surface area contributed by atoms with Crippen molar-refractivity contribution in [1.29, 1.82) is 0 Å². The van der Waals surface area contributed by atoms with Crippen molar-refractivity contribution in [3.05, 3.63) is 33.7 Å². The Morgan fingerprint density at radius 3 is 2.85 bits per heavy atom. The second-order valence-electron chi connectivity index (χ2n) is 7.79. The van der Waals surface area contributed by atoms with Gasteiger partial charge >= 0.3 is 5.63 Å². The van der Waals surface area contributed by atoms with Crippen LogP contribution in [0, 0.1) is 5.92 Å². The van der Waals surface area contributed by atoms with Crippen LogP contribution in [0.4, 0.5) is 0 Å². The summed E-state index contributed by atoms with van der Waals surface area (Å²) in [6, 6.07) is 3.41. The first-order valence-corrected chi connectivity index (χ1v) is 9.97. The maximum absolute atomic E-state index is 12.3. The highest BCUT2D eigenvalue weighted by atomic mass is 16.5. The largest absolute Gasteiger partial charge is 0.507 e. The molecule has 1 aliphatic rings. The van der Waals surface area contributed by atoms with Crippen molar-refractivity contribution >= 4 is 11.0 Å². The number of ether oxygens (including phenoxy) is 1. The van der Waals surface area contributed by atoms with Crippen molar-refractivity contribution < 1.29 is 14.3 Å². The van der Waals surface area contributed by atoms with Crippen LogP contribution < -0.4 is 10.4 Å². The highest BCUT2D eigenvalue weighted by Crippen LogP contribution is 2.37. The van der Waals surface area contributed by atoms with Crippen LogP contribution >= 0.6 is 0 Å². The van der Waals surface area contributed by atoms with E-state index >= 15 is 0 Å². The van der Waals surface area contributed by atoms with E-state index in [1.807, 2.05) is 6.92 Å². The van der Waals surface area contributed by atoms with E-state index in [1.165, 1.54) is 19.3 Å². The van der Waals surface area contributed by atoms with E-state index < -0.39 is 0 Å². The molecule has 1 aromatic carbocycles. The zero-order chi connectivity index (χ0) is 18.7. The highest BCUT2D eigenvalue weighted by Gasteiger charge is 2.24. The van der Waals surface area contributed by atoms with E-state index in [2.05, 4.69) is 13.8 Å². The first-order valence-electron chi connectivity index (χ1n) is 9.97. The molecule has 0 saturated carbocycles. The van der Waals surface area contributed by atoms with Crippen LogP contribution in [0.1, 0.15) is 70.4 Å². The van der Waals surface area contributed by atoms with Crippen molar-refractivity contribution in [3.8, 4) is 11.5 Å². The molecule has 2 unspecified atom stereocenters. The lowest BCUT2D eigenvalue weighted by molar-refractivity contribution is 0.206. The Morgan fingerprint density at radius 1 is 1.27 bits per heavy atom. The Labute approximate surface area is 155 Å². The summed E-state index contributed by atoms with van der Waals surface area (Å²) in [5.41, 5.74) is 1.83. The quantitative estimate of drug-likeness (QED) is 0.534. The summed E-state index contributed by atoms with van der Waals surface area (Å²) in [4.78, 5) is 12.3. The molecule has 142 valence electrons. The Bertz CT molecular complexity index is 821. The van der Waals surface area contributed by atoms with Gasteiger partial charge in [0.1, 0.15) is 17.1 Å². The van der Waals surface area contributed by atoms with Crippen LogP contribution in [0.5, 0.6) is 11.5 Å². The van der Waals surface area contributed by atoms with Crippen molar-refractivity contribution in [2.75, 3.05) is 0 Å². The SMILES string of the molecule is CCCCCCC(C)Oc1cc(O)c2c3c(c(=O)oc2c1)CCC(C)C3. The molecular weight excluding hydrogens is 328 g/mol. The van der Waals surface area contributed by atoms with E-state index in [1.54, 1.807) is 12.1 Å². The van der Waals surface area contributed by atoms with Gasteiger partial charge in [0.2, 0.25) is 0 Å². The molecule has 0 saturated heterocycles. The molecule has 0 aliphatic heterocycles. The summed E-state index contributed by atoms with van der Waals surface area (Å²) in [6.07, 6.45) is 8.37. The number of benzene rings is 1. The molecule has 26 heavy (non-hydrogen) atoms. The molecule has 1 heterocycles. The topological polar surface area (TPSA) is 59.7 Å². The molecule has 2 aromatic rings. The number of phenols is 1. The van der Waals surface area contributed by atoms with Crippen LogP contribution in [0.15, 0.2) is 21.3 Å². The fourth-order valence-corrected chi connectivity index (χ4v) is 3.93. The third kappa shape index (κ3) is 4.05. The summed E-state index contributed by atoms with van der Waals surface area (Å²) in [6.45, 7) is 6.42. The van der Waals surface area contributed by atoms with Gasteiger partial charge in [-0.05, 0) is 50.5 Å². The van der Waals surface area contributed by atoms with Gasteiger partial charge in [0.25, 0.3) is 0 Å². The molecule has 4 heteroatoms. The Hall–Kier alpha value is -1.97. The molecule has 0 fully saturated rings. The number of rotatable bonds is 7. The Morgan fingerprint density at radius 2 is 2.08 bits per heavy atom. The lowest BCUT2D eigenvalue weighted by Crippen LogP contribution is -2.20. The molecule has 1 aromatic heterocycles. The maximum atomic E-state index is 12.3. The number of hydrogen-bond donors (Lipinski definition) is 1. The van der Waals surface area contributed by atoms with E-state index in [-0.39, 0.29) is 17.5 Å².